The van der Waals surface area contributed by atoms with Crippen molar-refractivity contribution in [3.8, 4) is 11.8 Å². The highest BCUT2D eigenvalue weighted by Crippen LogP contribution is 2.32. The molecule has 0 unspecified atom stereocenters. The first-order chi connectivity index (χ1) is 17.8. The molecule has 8 nitrogen and oxygen atoms in total. The van der Waals surface area contributed by atoms with Crippen LogP contribution in [0.1, 0.15) is 65.4 Å². The molecule has 1 amide bonds. The van der Waals surface area contributed by atoms with Crippen LogP contribution in [0.15, 0.2) is 47.7 Å². The average molecular weight is 508 g/mol. The Hall–Kier alpha value is -4.20. The monoisotopic (exact) mass is 507 g/mol. The zero-order valence-electron chi connectivity index (χ0n) is 20.1. The quantitative estimate of drug-likeness (QED) is 0.534. The number of aryl methyl sites for hydroxylation is 1. The Kier molecular flexibility index (Phi) is 6.65. The highest BCUT2D eigenvalue weighted by Gasteiger charge is 2.40. The standard InChI is InChI=1S/C26H24F3N7O/c1-2-3-17-4-9-21(30-16-17)24(37)31-20-7-5-18(6-8-20)19-12-14-35(15-13-19)23-11-10-22-32-33-25(26(27,28)29)36(22)34-23/h4-9,16,19H,10-15H2,1H3,(H,31,37). The lowest BCUT2D eigenvalue weighted by molar-refractivity contribution is -0.147. The van der Waals surface area contributed by atoms with Crippen molar-refractivity contribution in [3.63, 3.8) is 0 Å². The van der Waals surface area contributed by atoms with Crippen molar-refractivity contribution in [1.29, 1.82) is 0 Å². The summed E-state index contributed by atoms with van der Waals surface area (Å²) in [4.78, 5) is 18.7. The number of pyridine rings is 1. The van der Waals surface area contributed by atoms with E-state index in [1.54, 1.807) is 25.3 Å². The maximum Gasteiger partial charge on any atom is 0.453 e. The normalized spacial score (nSPS) is 15.9. The highest BCUT2D eigenvalue weighted by molar-refractivity contribution is 6.02. The fraction of sp³-hybridized carbons (Fsp3) is 0.346. The zero-order chi connectivity index (χ0) is 26.0. The predicted octanol–water partition coefficient (Wildman–Crippen LogP) is 4.30. The molecule has 1 fully saturated rings. The second-order valence-electron chi connectivity index (χ2n) is 8.91. The predicted molar refractivity (Wildman–Crippen MR) is 131 cm³/mol. The largest absolute Gasteiger partial charge is 0.453 e. The lowest BCUT2D eigenvalue weighted by atomic mass is 9.89. The van der Waals surface area contributed by atoms with Gasteiger partial charge in [0.05, 0.1) is 0 Å². The maximum atomic E-state index is 13.2. The number of carbonyl (C=O) groups is 1. The SMILES string of the molecule is CC#Cc1ccc(C(=O)Nc2ccc(C3CCN(C4=Nn5c(nnc5C(F)(F)F)CC4)CC3)cc2)nc1. The average Bonchev–Trinajstić information content (AvgIpc) is 3.34. The van der Waals surface area contributed by atoms with Crippen LogP contribution in [0, 0.1) is 11.8 Å². The van der Waals surface area contributed by atoms with E-state index in [1.807, 2.05) is 24.3 Å². The molecule has 4 heterocycles. The first-order valence-corrected chi connectivity index (χ1v) is 12.0. The Labute approximate surface area is 211 Å². The minimum atomic E-state index is -4.60. The fourth-order valence-electron chi connectivity index (χ4n) is 4.61. The second kappa shape index (κ2) is 10.0. The van der Waals surface area contributed by atoms with Gasteiger partial charge in [-0.25, -0.2) is 4.98 Å². The van der Waals surface area contributed by atoms with Gasteiger partial charge in [0, 0.05) is 43.4 Å². The number of nitrogens with zero attached hydrogens (tertiary/aromatic N) is 6. The van der Waals surface area contributed by atoms with Gasteiger partial charge in [-0.1, -0.05) is 18.1 Å². The summed E-state index contributed by atoms with van der Waals surface area (Å²) in [5.74, 6) is 5.49. The maximum absolute atomic E-state index is 13.2. The third-order valence-corrected chi connectivity index (χ3v) is 6.51. The Balaban J connectivity index is 1.18. The Bertz CT molecular complexity index is 1370. The molecule has 0 radical (unpaired) electrons. The van der Waals surface area contributed by atoms with Crippen molar-refractivity contribution < 1.29 is 18.0 Å². The molecule has 1 N–H and O–H groups in total. The fourth-order valence-corrected chi connectivity index (χ4v) is 4.61. The van der Waals surface area contributed by atoms with Gasteiger partial charge in [-0.3, -0.25) is 4.79 Å². The van der Waals surface area contributed by atoms with Crippen LogP contribution in [0.3, 0.4) is 0 Å². The lowest BCUT2D eigenvalue weighted by Crippen LogP contribution is -2.40. The van der Waals surface area contributed by atoms with Crippen LogP contribution in [0.2, 0.25) is 0 Å². The molecule has 190 valence electrons. The summed E-state index contributed by atoms with van der Waals surface area (Å²) in [6.45, 7) is 3.14. The Morgan fingerprint density at radius 1 is 1.05 bits per heavy atom. The molecule has 37 heavy (non-hydrogen) atoms. The summed E-state index contributed by atoms with van der Waals surface area (Å²) in [5, 5.41) is 14.0. The van der Waals surface area contributed by atoms with E-state index in [1.165, 1.54) is 0 Å². The Morgan fingerprint density at radius 2 is 1.81 bits per heavy atom. The van der Waals surface area contributed by atoms with Crippen molar-refractivity contribution in [1.82, 2.24) is 24.8 Å². The molecule has 0 atom stereocenters. The first-order valence-electron chi connectivity index (χ1n) is 12.0. The molecule has 0 aliphatic carbocycles. The third kappa shape index (κ3) is 5.33. The smallest absolute Gasteiger partial charge is 0.359 e. The van der Waals surface area contributed by atoms with Crippen molar-refractivity contribution in [3.05, 3.63) is 71.1 Å². The summed E-state index contributed by atoms with van der Waals surface area (Å²) < 4.78 is 40.5. The summed E-state index contributed by atoms with van der Waals surface area (Å²) in [6, 6.07) is 11.1. The van der Waals surface area contributed by atoms with Gasteiger partial charge in [0.25, 0.3) is 11.7 Å². The molecule has 2 aromatic heterocycles. The molecule has 0 bridgehead atoms. The molecule has 3 aromatic rings. The molecule has 2 aliphatic rings. The van der Waals surface area contributed by atoms with E-state index >= 15 is 0 Å². The van der Waals surface area contributed by atoms with Crippen LogP contribution in [0.5, 0.6) is 0 Å². The summed E-state index contributed by atoms with van der Waals surface area (Å²) in [7, 11) is 0. The van der Waals surface area contributed by atoms with Gasteiger partial charge >= 0.3 is 6.18 Å². The number of fused-ring (bicyclic) bond motifs is 1. The van der Waals surface area contributed by atoms with Gasteiger partial charge in [0.2, 0.25) is 0 Å². The minimum Gasteiger partial charge on any atom is -0.359 e. The van der Waals surface area contributed by atoms with Crippen LogP contribution in [0.4, 0.5) is 18.9 Å². The van der Waals surface area contributed by atoms with E-state index in [-0.39, 0.29) is 11.7 Å². The first kappa shape index (κ1) is 24.5. The molecular formula is C26H24F3N7O. The molecule has 0 saturated carbocycles. The number of anilines is 1. The zero-order valence-corrected chi connectivity index (χ0v) is 20.1. The number of amides is 1. The molecular weight excluding hydrogens is 483 g/mol. The number of piperidine rings is 1. The number of benzene rings is 1. The molecule has 1 aromatic carbocycles. The van der Waals surface area contributed by atoms with E-state index < -0.39 is 12.0 Å². The molecule has 1 saturated heterocycles. The topological polar surface area (TPSA) is 88.3 Å². The third-order valence-electron chi connectivity index (χ3n) is 6.51. The summed E-state index contributed by atoms with van der Waals surface area (Å²) in [6.07, 6.45) is -0.410. The van der Waals surface area contributed by atoms with Gasteiger partial charge in [0.15, 0.2) is 5.82 Å². The lowest BCUT2D eigenvalue weighted by Gasteiger charge is -2.35. The second-order valence-corrected chi connectivity index (χ2v) is 8.91. The number of amidine groups is 1. The van der Waals surface area contributed by atoms with Gasteiger partial charge in [-0.15, -0.1) is 16.1 Å². The van der Waals surface area contributed by atoms with Gasteiger partial charge in [-0.2, -0.15) is 22.9 Å². The number of likely N-dealkylation sites (tertiary alicyclic amines) is 1. The van der Waals surface area contributed by atoms with Crippen molar-refractivity contribution in [2.75, 3.05) is 18.4 Å². The molecule has 2 aliphatic heterocycles. The number of carbonyl (C=O) groups excluding carboxylic acids is 1. The summed E-state index contributed by atoms with van der Waals surface area (Å²) >= 11 is 0. The van der Waals surface area contributed by atoms with Crippen LogP contribution in [-0.2, 0) is 12.6 Å². The molecule has 11 heteroatoms. The minimum absolute atomic E-state index is 0.233. The van der Waals surface area contributed by atoms with Crippen LogP contribution < -0.4 is 5.32 Å². The van der Waals surface area contributed by atoms with Gasteiger partial charge in [-0.05, 0) is 55.5 Å². The number of nitrogens with one attached hydrogen (secondary N) is 1. The number of hydrogen-bond donors (Lipinski definition) is 1. The van der Waals surface area contributed by atoms with E-state index in [4.69, 9.17) is 0 Å². The van der Waals surface area contributed by atoms with E-state index in [9.17, 15) is 18.0 Å². The van der Waals surface area contributed by atoms with Crippen LogP contribution in [-0.4, -0.2) is 49.6 Å². The number of halogens is 3. The number of aromatic nitrogens is 4. The molecule has 5 rings (SSSR count). The van der Waals surface area contributed by atoms with Crippen LogP contribution >= 0.6 is 0 Å². The van der Waals surface area contributed by atoms with E-state index in [2.05, 4.69) is 42.3 Å². The molecule has 0 spiro atoms. The van der Waals surface area contributed by atoms with Gasteiger partial charge in [0.1, 0.15) is 11.5 Å². The summed E-state index contributed by atoms with van der Waals surface area (Å²) in [5.41, 5.74) is 2.89. The Morgan fingerprint density at radius 3 is 2.46 bits per heavy atom. The van der Waals surface area contributed by atoms with Crippen molar-refractivity contribution in [2.45, 2.75) is 44.7 Å². The van der Waals surface area contributed by atoms with E-state index in [0.29, 0.717) is 49.1 Å². The number of hydrogen-bond acceptors (Lipinski definition) is 6. The van der Waals surface area contributed by atoms with Gasteiger partial charge < -0.3 is 10.2 Å². The number of alkyl halides is 3. The highest BCUT2D eigenvalue weighted by atomic mass is 19.4. The van der Waals surface area contributed by atoms with Crippen molar-refractivity contribution in [2.24, 2.45) is 5.10 Å². The van der Waals surface area contributed by atoms with E-state index in [0.717, 1.165) is 28.6 Å². The van der Waals surface area contributed by atoms with Crippen LogP contribution in [0.25, 0.3) is 0 Å². The number of rotatable bonds is 3. The van der Waals surface area contributed by atoms with Crippen molar-refractivity contribution >= 4 is 17.4 Å².